The van der Waals surface area contributed by atoms with Crippen LogP contribution < -0.4 is 10.7 Å². The molecule has 0 aliphatic rings. The summed E-state index contributed by atoms with van der Waals surface area (Å²) in [7, 11) is -3.66. The number of nitrogens with two attached hydrogens (primary N) is 1. The van der Waals surface area contributed by atoms with Gasteiger partial charge in [-0.3, -0.25) is 5.84 Å². The lowest BCUT2D eigenvalue weighted by Gasteiger charge is -2.01. The average Bonchev–Trinajstić information content (AvgIpc) is 2.27. The summed E-state index contributed by atoms with van der Waals surface area (Å²) in [6.45, 7) is 0. The SMILES string of the molecule is NNS(=O)(=O)c1ccc(/C=C/C(=O)O)cc1. The van der Waals surface area contributed by atoms with E-state index >= 15 is 0 Å². The van der Waals surface area contributed by atoms with Crippen LogP contribution in [0, 0.1) is 0 Å². The first-order valence-electron chi connectivity index (χ1n) is 4.19. The Kier molecular flexibility index (Phi) is 3.78. The molecular formula is C9H10N2O4S. The van der Waals surface area contributed by atoms with Gasteiger partial charge in [0.2, 0.25) is 0 Å². The molecule has 86 valence electrons. The molecule has 0 unspecified atom stereocenters. The Morgan fingerprint density at radius 1 is 1.31 bits per heavy atom. The molecule has 0 aliphatic carbocycles. The highest BCUT2D eigenvalue weighted by molar-refractivity contribution is 7.89. The van der Waals surface area contributed by atoms with Crippen molar-refractivity contribution in [1.82, 2.24) is 4.83 Å². The maximum atomic E-state index is 11.2. The molecule has 6 nitrogen and oxygen atoms in total. The van der Waals surface area contributed by atoms with Gasteiger partial charge in [0.25, 0.3) is 10.0 Å². The van der Waals surface area contributed by atoms with Crippen LogP contribution in [0.4, 0.5) is 0 Å². The summed E-state index contributed by atoms with van der Waals surface area (Å²) < 4.78 is 22.5. The second-order valence-corrected chi connectivity index (χ2v) is 4.58. The van der Waals surface area contributed by atoms with Crippen molar-refractivity contribution in [1.29, 1.82) is 0 Å². The van der Waals surface area contributed by atoms with Crippen molar-refractivity contribution >= 4 is 22.1 Å². The van der Waals surface area contributed by atoms with Gasteiger partial charge in [-0.2, -0.15) is 4.83 Å². The van der Waals surface area contributed by atoms with Gasteiger partial charge in [0.1, 0.15) is 0 Å². The van der Waals surface area contributed by atoms with Gasteiger partial charge < -0.3 is 5.11 Å². The topological polar surface area (TPSA) is 109 Å². The first-order chi connectivity index (χ1) is 7.45. The van der Waals surface area contributed by atoms with Crippen LogP contribution in [-0.2, 0) is 14.8 Å². The number of carboxylic acids is 1. The Morgan fingerprint density at radius 3 is 2.31 bits per heavy atom. The van der Waals surface area contributed by atoms with Gasteiger partial charge in [0.15, 0.2) is 0 Å². The predicted octanol–water partition coefficient (Wildman–Crippen LogP) is -0.0636. The van der Waals surface area contributed by atoms with Crippen molar-refractivity contribution in [3.63, 3.8) is 0 Å². The van der Waals surface area contributed by atoms with Crippen LogP contribution in [0.2, 0.25) is 0 Å². The summed E-state index contributed by atoms with van der Waals surface area (Å²) in [6, 6.07) is 5.61. The number of carbonyl (C=O) groups is 1. The van der Waals surface area contributed by atoms with E-state index in [4.69, 9.17) is 10.9 Å². The summed E-state index contributed by atoms with van der Waals surface area (Å²) in [6.07, 6.45) is 2.32. The van der Waals surface area contributed by atoms with Crippen LogP contribution in [0.5, 0.6) is 0 Å². The molecule has 16 heavy (non-hydrogen) atoms. The van der Waals surface area contributed by atoms with Crippen molar-refractivity contribution in [2.45, 2.75) is 4.90 Å². The predicted molar refractivity (Wildman–Crippen MR) is 57.6 cm³/mol. The molecular weight excluding hydrogens is 232 g/mol. The van der Waals surface area contributed by atoms with E-state index in [1.807, 2.05) is 0 Å². The van der Waals surface area contributed by atoms with Gasteiger partial charge in [0.05, 0.1) is 4.90 Å². The van der Waals surface area contributed by atoms with E-state index in [1.165, 1.54) is 30.3 Å². The second-order valence-electron chi connectivity index (χ2n) is 2.86. The van der Waals surface area contributed by atoms with Crippen molar-refractivity contribution in [3.05, 3.63) is 35.9 Å². The zero-order valence-electron chi connectivity index (χ0n) is 8.12. The smallest absolute Gasteiger partial charge is 0.328 e. The summed E-state index contributed by atoms with van der Waals surface area (Å²) in [5, 5.41) is 8.39. The number of benzene rings is 1. The number of sulfonamides is 1. The molecule has 4 N–H and O–H groups in total. The van der Waals surface area contributed by atoms with Crippen LogP contribution >= 0.6 is 0 Å². The molecule has 1 rings (SSSR count). The van der Waals surface area contributed by atoms with Crippen LogP contribution in [0.25, 0.3) is 6.08 Å². The molecule has 0 spiro atoms. The fourth-order valence-electron chi connectivity index (χ4n) is 0.994. The van der Waals surface area contributed by atoms with Gasteiger partial charge in [-0.25, -0.2) is 13.2 Å². The number of hydrogen-bond donors (Lipinski definition) is 3. The second kappa shape index (κ2) is 4.88. The molecule has 0 aliphatic heterocycles. The van der Waals surface area contributed by atoms with E-state index in [-0.39, 0.29) is 4.90 Å². The fourth-order valence-corrected chi connectivity index (χ4v) is 1.62. The molecule has 0 bridgehead atoms. The number of rotatable bonds is 4. The minimum absolute atomic E-state index is 0.0162. The van der Waals surface area contributed by atoms with Gasteiger partial charge in [0, 0.05) is 6.08 Å². The Balaban J connectivity index is 2.96. The summed E-state index contributed by atoms with van der Waals surface area (Å²) in [4.78, 5) is 11.9. The van der Waals surface area contributed by atoms with Crippen LogP contribution in [0.15, 0.2) is 35.2 Å². The molecule has 7 heteroatoms. The quantitative estimate of drug-likeness (QED) is 0.389. The Morgan fingerprint density at radius 2 is 1.88 bits per heavy atom. The monoisotopic (exact) mass is 242 g/mol. The summed E-state index contributed by atoms with van der Waals surface area (Å²) in [5.74, 6) is 3.78. The highest BCUT2D eigenvalue weighted by atomic mass is 32.2. The summed E-state index contributed by atoms with van der Waals surface area (Å²) >= 11 is 0. The minimum atomic E-state index is -3.66. The minimum Gasteiger partial charge on any atom is -0.478 e. The van der Waals surface area contributed by atoms with Crippen molar-refractivity contribution in [2.75, 3.05) is 0 Å². The standard InChI is InChI=1S/C9H10N2O4S/c10-11-16(14,15)8-4-1-7(2-5-8)3-6-9(12)13/h1-6,11H,10H2,(H,12,13)/b6-3+. The van der Waals surface area contributed by atoms with E-state index in [0.717, 1.165) is 6.08 Å². The lowest BCUT2D eigenvalue weighted by molar-refractivity contribution is -0.131. The number of carboxylic acid groups (broad SMARTS) is 1. The number of nitrogens with one attached hydrogen (secondary N) is 1. The maximum absolute atomic E-state index is 11.2. The van der Waals surface area contributed by atoms with Gasteiger partial charge in [-0.1, -0.05) is 12.1 Å². The van der Waals surface area contributed by atoms with E-state index < -0.39 is 16.0 Å². The highest BCUT2D eigenvalue weighted by Crippen LogP contribution is 2.10. The van der Waals surface area contributed by atoms with Crippen molar-refractivity contribution in [2.24, 2.45) is 5.84 Å². The Bertz CT molecular complexity index is 505. The van der Waals surface area contributed by atoms with E-state index in [2.05, 4.69) is 0 Å². The molecule has 1 aromatic rings. The zero-order valence-corrected chi connectivity index (χ0v) is 8.94. The molecule has 0 saturated carbocycles. The van der Waals surface area contributed by atoms with Crippen molar-refractivity contribution < 1.29 is 18.3 Å². The average molecular weight is 242 g/mol. The lowest BCUT2D eigenvalue weighted by atomic mass is 10.2. The molecule has 0 amide bonds. The molecule has 0 heterocycles. The molecule has 0 atom stereocenters. The number of hydrogen-bond acceptors (Lipinski definition) is 4. The zero-order chi connectivity index (χ0) is 12.2. The van der Waals surface area contributed by atoms with E-state index in [9.17, 15) is 13.2 Å². The van der Waals surface area contributed by atoms with Gasteiger partial charge in [-0.15, -0.1) is 0 Å². The van der Waals surface area contributed by atoms with Crippen LogP contribution in [-0.4, -0.2) is 19.5 Å². The molecule has 0 saturated heterocycles. The molecule has 0 fully saturated rings. The van der Waals surface area contributed by atoms with Gasteiger partial charge >= 0.3 is 5.97 Å². The number of hydrazine groups is 1. The molecule has 1 aromatic carbocycles. The van der Waals surface area contributed by atoms with Crippen LogP contribution in [0.3, 0.4) is 0 Å². The van der Waals surface area contributed by atoms with Crippen LogP contribution in [0.1, 0.15) is 5.56 Å². The third-order valence-corrected chi connectivity index (χ3v) is 2.97. The largest absolute Gasteiger partial charge is 0.478 e. The third kappa shape index (κ3) is 3.16. The summed E-state index contributed by atoms with van der Waals surface area (Å²) in [5.41, 5.74) is 0.582. The third-order valence-electron chi connectivity index (χ3n) is 1.76. The molecule has 0 aromatic heterocycles. The van der Waals surface area contributed by atoms with Crippen molar-refractivity contribution in [3.8, 4) is 0 Å². The Labute approximate surface area is 92.4 Å². The lowest BCUT2D eigenvalue weighted by Crippen LogP contribution is -2.30. The Hall–Kier alpha value is -1.70. The normalized spacial score (nSPS) is 11.8. The molecule has 0 radical (unpaired) electrons. The maximum Gasteiger partial charge on any atom is 0.328 e. The highest BCUT2D eigenvalue weighted by Gasteiger charge is 2.10. The first kappa shape index (κ1) is 12.4. The van der Waals surface area contributed by atoms with Gasteiger partial charge in [-0.05, 0) is 23.8 Å². The van der Waals surface area contributed by atoms with E-state index in [0.29, 0.717) is 5.56 Å². The number of aliphatic carboxylic acids is 1. The first-order valence-corrected chi connectivity index (χ1v) is 5.67. The fraction of sp³-hybridized carbons (Fsp3) is 0. The van der Waals surface area contributed by atoms with E-state index in [1.54, 1.807) is 4.83 Å².